The zero-order valence-corrected chi connectivity index (χ0v) is 6.87. The average molecular weight is 167 g/mol. The van der Waals surface area contributed by atoms with E-state index in [1.807, 2.05) is 0 Å². The van der Waals surface area contributed by atoms with Crippen molar-refractivity contribution in [1.29, 1.82) is 0 Å². The van der Waals surface area contributed by atoms with Gasteiger partial charge in [0.15, 0.2) is 11.7 Å². The highest BCUT2D eigenvalue weighted by Gasteiger charge is 2.29. The Bertz CT molecular complexity index is 301. The lowest BCUT2D eigenvalue weighted by Gasteiger charge is -2.13. The minimum absolute atomic E-state index is 0.354. The van der Waals surface area contributed by atoms with Gasteiger partial charge in [0, 0.05) is 17.5 Å². The van der Waals surface area contributed by atoms with Crippen LogP contribution in [0.5, 0.6) is 0 Å². The molecule has 0 bridgehead atoms. The molecule has 12 heavy (non-hydrogen) atoms. The molecule has 0 amide bonds. The first kappa shape index (κ1) is 8.64. The maximum absolute atomic E-state index is 11.1. The first-order valence-corrected chi connectivity index (χ1v) is 3.52. The molecule has 0 spiro atoms. The van der Waals surface area contributed by atoms with Gasteiger partial charge >= 0.3 is 5.97 Å². The SMILES string of the molecule is CC1=CC(=O)C(C(=O)O)C(C)=N1. The number of rotatable bonds is 1. The molecule has 0 aromatic heterocycles. The van der Waals surface area contributed by atoms with Crippen LogP contribution in [0.1, 0.15) is 13.8 Å². The van der Waals surface area contributed by atoms with Crippen molar-refractivity contribution < 1.29 is 14.7 Å². The van der Waals surface area contributed by atoms with E-state index in [0.29, 0.717) is 11.4 Å². The quantitative estimate of drug-likeness (QED) is 0.582. The van der Waals surface area contributed by atoms with Crippen LogP contribution in [0.3, 0.4) is 0 Å². The Morgan fingerprint density at radius 2 is 2.17 bits per heavy atom. The molecular formula is C8H9NO3. The van der Waals surface area contributed by atoms with E-state index in [1.165, 1.54) is 6.08 Å². The van der Waals surface area contributed by atoms with Crippen LogP contribution in [0.25, 0.3) is 0 Å². The molecule has 0 fully saturated rings. The summed E-state index contributed by atoms with van der Waals surface area (Å²) in [5.41, 5.74) is 0.919. The van der Waals surface area contributed by atoms with E-state index in [2.05, 4.69) is 4.99 Å². The number of carbonyl (C=O) groups excluding carboxylic acids is 1. The first-order valence-electron chi connectivity index (χ1n) is 3.52. The largest absolute Gasteiger partial charge is 0.480 e. The zero-order valence-electron chi connectivity index (χ0n) is 6.87. The maximum Gasteiger partial charge on any atom is 0.320 e. The van der Waals surface area contributed by atoms with Crippen molar-refractivity contribution in [3.8, 4) is 0 Å². The molecule has 0 saturated carbocycles. The van der Waals surface area contributed by atoms with Crippen molar-refractivity contribution in [2.45, 2.75) is 13.8 Å². The van der Waals surface area contributed by atoms with Crippen LogP contribution in [-0.2, 0) is 9.59 Å². The molecular weight excluding hydrogens is 158 g/mol. The predicted molar refractivity (Wildman–Crippen MR) is 43.0 cm³/mol. The molecule has 1 aliphatic rings. The standard InChI is InChI=1S/C8H9NO3/c1-4-3-6(10)7(8(11)12)5(2)9-4/h3,7H,1-2H3,(H,11,12). The second-order valence-corrected chi connectivity index (χ2v) is 2.71. The van der Waals surface area contributed by atoms with Gasteiger partial charge in [-0.3, -0.25) is 14.6 Å². The maximum atomic E-state index is 11.1. The van der Waals surface area contributed by atoms with Gasteiger partial charge in [0.2, 0.25) is 0 Å². The van der Waals surface area contributed by atoms with Gasteiger partial charge in [-0.05, 0) is 13.8 Å². The van der Waals surface area contributed by atoms with Gasteiger partial charge in [0.25, 0.3) is 0 Å². The number of aliphatic carboxylic acids is 1. The fourth-order valence-corrected chi connectivity index (χ4v) is 1.17. The van der Waals surface area contributed by atoms with Crippen LogP contribution in [0, 0.1) is 5.92 Å². The Hall–Kier alpha value is -1.45. The second kappa shape index (κ2) is 2.89. The highest BCUT2D eigenvalue weighted by Crippen LogP contribution is 2.13. The first-order chi connectivity index (χ1) is 5.52. The smallest absolute Gasteiger partial charge is 0.320 e. The number of carboxylic acids is 1. The highest BCUT2D eigenvalue weighted by atomic mass is 16.4. The molecule has 0 aromatic rings. The average Bonchev–Trinajstić information content (AvgIpc) is 1.82. The number of ketones is 1. The highest BCUT2D eigenvalue weighted by molar-refractivity contribution is 6.22. The van der Waals surface area contributed by atoms with Crippen molar-refractivity contribution >= 4 is 17.5 Å². The van der Waals surface area contributed by atoms with Gasteiger partial charge < -0.3 is 5.11 Å². The molecule has 1 rings (SSSR count). The summed E-state index contributed by atoms with van der Waals surface area (Å²) in [6.07, 6.45) is 1.26. The molecule has 0 aromatic carbocycles. The molecule has 1 unspecified atom stereocenters. The van der Waals surface area contributed by atoms with E-state index in [9.17, 15) is 9.59 Å². The summed E-state index contributed by atoms with van der Waals surface area (Å²) < 4.78 is 0. The van der Waals surface area contributed by atoms with Crippen LogP contribution in [-0.4, -0.2) is 22.6 Å². The molecule has 1 atom stereocenters. The van der Waals surface area contributed by atoms with E-state index in [0.717, 1.165) is 0 Å². The van der Waals surface area contributed by atoms with E-state index in [-0.39, 0.29) is 0 Å². The van der Waals surface area contributed by atoms with Crippen LogP contribution >= 0.6 is 0 Å². The third-order valence-electron chi connectivity index (χ3n) is 1.65. The number of hydrogen-bond donors (Lipinski definition) is 1. The lowest BCUT2D eigenvalue weighted by Crippen LogP contribution is -2.31. The fraction of sp³-hybridized carbons (Fsp3) is 0.375. The van der Waals surface area contributed by atoms with Crippen molar-refractivity contribution in [3.63, 3.8) is 0 Å². The van der Waals surface area contributed by atoms with Crippen LogP contribution in [0.2, 0.25) is 0 Å². The van der Waals surface area contributed by atoms with E-state index in [4.69, 9.17) is 5.11 Å². The van der Waals surface area contributed by atoms with Crippen molar-refractivity contribution in [3.05, 3.63) is 11.8 Å². The zero-order chi connectivity index (χ0) is 9.30. The number of carboxylic acid groups (broad SMARTS) is 1. The Morgan fingerprint density at radius 1 is 1.58 bits per heavy atom. The lowest BCUT2D eigenvalue weighted by atomic mass is 9.96. The number of hydrogen-bond acceptors (Lipinski definition) is 3. The molecule has 0 radical (unpaired) electrons. The summed E-state index contributed by atoms with van der Waals surface area (Å²) in [5.74, 6) is -2.61. The molecule has 1 N–H and O–H groups in total. The Kier molecular flexibility index (Phi) is 2.08. The minimum atomic E-state index is -1.13. The topological polar surface area (TPSA) is 66.7 Å². The fourth-order valence-electron chi connectivity index (χ4n) is 1.17. The summed E-state index contributed by atoms with van der Waals surface area (Å²) in [6, 6.07) is 0. The van der Waals surface area contributed by atoms with Crippen LogP contribution < -0.4 is 0 Å². The Balaban J connectivity index is 3.03. The summed E-state index contributed by atoms with van der Waals surface area (Å²) in [5, 5.41) is 8.63. The van der Waals surface area contributed by atoms with Crippen molar-refractivity contribution in [2.24, 2.45) is 10.9 Å². The summed E-state index contributed by atoms with van der Waals surface area (Å²) in [4.78, 5) is 25.6. The third kappa shape index (κ3) is 1.42. The molecule has 1 heterocycles. The normalized spacial score (nSPS) is 23.2. The molecule has 0 aliphatic carbocycles. The Labute approximate surface area is 69.6 Å². The third-order valence-corrected chi connectivity index (χ3v) is 1.65. The predicted octanol–water partition coefficient (Wildman–Crippen LogP) is 0.635. The Morgan fingerprint density at radius 3 is 2.58 bits per heavy atom. The summed E-state index contributed by atoms with van der Waals surface area (Å²) in [6.45, 7) is 3.21. The second-order valence-electron chi connectivity index (χ2n) is 2.71. The summed E-state index contributed by atoms with van der Waals surface area (Å²) >= 11 is 0. The molecule has 4 nitrogen and oxygen atoms in total. The van der Waals surface area contributed by atoms with Crippen LogP contribution in [0.4, 0.5) is 0 Å². The summed E-state index contributed by atoms with van der Waals surface area (Å²) in [7, 11) is 0. The van der Waals surface area contributed by atoms with Gasteiger partial charge in [0.05, 0.1) is 0 Å². The van der Waals surface area contributed by atoms with E-state index in [1.54, 1.807) is 13.8 Å². The van der Waals surface area contributed by atoms with Gasteiger partial charge in [-0.25, -0.2) is 0 Å². The number of carbonyl (C=O) groups is 2. The van der Waals surface area contributed by atoms with Crippen LogP contribution in [0.15, 0.2) is 16.8 Å². The van der Waals surface area contributed by atoms with Crippen molar-refractivity contribution in [2.75, 3.05) is 0 Å². The molecule has 0 saturated heterocycles. The van der Waals surface area contributed by atoms with Gasteiger partial charge in [-0.15, -0.1) is 0 Å². The number of aliphatic imine (C=N–C) groups is 1. The monoisotopic (exact) mass is 167 g/mol. The minimum Gasteiger partial charge on any atom is -0.480 e. The lowest BCUT2D eigenvalue weighted by molar-refractivity contribution is -0.142. The van der Waals surface area contributed by atoms with E-state index >= 15 is 0 Å². The van der Waals surface area contributed by atoms with Gasteiger partial charge in [-0.2, -0.15) is 0 Å². The number of nitrogens with zero attached hydrogens (tertiary/aromatic N) is 1. The van der Waals surface area contributed by atoms with E-state index < -0.39 is 17.7 Å². The molecule has 1 aliphatic heterocycles. The number of allylic oxidation sites excluding steroid dienone is 2. The van der Waals surface area contributed by atoms with Gasteiger partial charge in [-0.1, -0.05) is 0 Å². The van der Waals surface area contributed by atoms with Gasteiger partial charge in [0.1, 0.15) is 0 Å². The molecule has 64 valence electrons. The molecule has 4 heteroatoms. The van der Waals surface area contributed by atoms with Crippen molar-refractivity contribution in [1.82, 2.24) is 0 Å².